The molecule has 0 spiro atoms. The molecule has 2 heterocycles. The van der Waals surface area contributed by atoms with Gasteiger partial charge in [0.25, 0.3) is 0 Å². The molecule has 2 aliphatic heterocycles. The van der Waals surface area contributed by atoms with Gasteiger partial charge >= 0.3 is 0 Å². The van der Waals surface area contributed by atoms with Crippen molar-refractivity contribution in [2.75, 3.05) is 13.1 Å². The maximum atomic E-state index is 3.33. The van der Waals surface area contributed by atoms with Gasteiger partial charge in [-0.25, -0.2) is 0 Å². The van der Waals surface area contributed by atoms with Gasteiger partial charge in [0, 0.05) is 25.5 Å². The lowest BCUT2D eigenvalue weighted by Crippen LogP contribution is -2.52. The quantitative estimate of drug-likeness (QED) is 0.463. The van der Waals surface area contributed by atoms with Crippen LogP contribution in [-0.4, -0.2) is 24.3 Å². The van der Waals surface area contributed by atoms with Crippen molar-refractivity contribution in [2.24, 2.45) is 0 Å². The number of rotatable bonds is 0. The molecule has 3 heteroatoms. The van der Waals surface area contributed by atoms with Crippen molar-refractivity contribution in [1.29, 1.82) is 0 Å². The Labute approximate surface area is 54.7 Å². The molecule has 0 aromatic heterocycles. The minimum absolute atomic E-state index is 0.388. The molecular weight excluding hydrogens is 114 g/mol. The predicted molar refractivity (Wildman–Crippen MR) is 35.4 cm³/mol. The molecule has 3 nitrogen and oxygen atoms in total. The third kappa shape index (κ3) is 0.772. The van der Waals surface area contributed by atoms with E-state index in [1.54, 1.807) is 0 Å². The Kier molecular flexibility index (Phi) is 1.09. The highest BCUT2D eigenvalue weighted by molar-refractivity contribution is 4.94. The van der Waals surface area contributed by atoms with Gasteiger partial charge in [-0.05, 0) is 6.42 Å². The van der Waals surface area contributed by atoms with E-state index in [9.17, 15) is 0 Å². The highest BCUT2D eigenvalue weighted by atomic mass is 15.4. The van der Waals surface area contributed by atoms with E-state index < -0.39 is 0 Å². The molecular formula is C6H11N3. The van der Waals surface area contributed by atoms with Gasteiger partial charge in [-0.1, -0.05) is 0 Å². The Morgan fingerprint density at radius 1 is 1.56 bits per heavy atom. The fourth-order valence-corrected chi connectivity index (χ4v) is 1.29. The third-order valence-electron chi connectivity index (χ3n) is 1.78. The average Bonchev–Trinajstić information content (AvgIpc) is 2.33. The summed E-state index contributed by atoms with van der Waals surface area (Å²) in [6.07, 6.45) is 5.72. The SMILES string of the molecule is C1=CN2CCCNC2N1. The van der Waals surface area contributed by atoms with Crippen molar-refractivity contribution in [3.63, 3.8) is 0 Å². The topological polar surface area (TPSA) is 27.3 Å². The maximum absolute atomic E-state index is 3.33. The normalized spacial score (nSPS) is 32.0. The van der Waals surface area contributed by atoms with Crippen LogP contribution in [0.4, 0.5) is 0 Å². The highest BCUT2D eigenvalue weighted by Crippen LogP contribution is 2.06. The van der Waals surface area contributed by atoms with Gasteiger partial charge in [0.1, 0.15) is 0 Å². The Balaban J connectivity index is 2.03. The molecule has 1 saturated heterocycles. The second-order valence-corrected chi connectivity index (χ2v) is 2.43. The number of nitrogens with zero attached hydrogens (tertiary/aromatic N) is 1. The molecule has 2 rings (SSSR count). The Bertz CT molecular complexity index is 132. The van der Waals surface area contributed by atoms with E-state index in [1.807, 2.05) is 6.20 Å². The largest absolute Gasteiger partial charge is 0.358 e. The maximum Gasteiger partial charge on any atom is 0.154 e. The lowest BCUT2D eigenvalue weighted by molar-refractivity contribution is 0.194. The van der Waals surface area contributed by atoms with Crippen LogP contribution in [0.15, 0.2) is 12.4 Å². The predicted octanol–water partition coefficient (Wildman–Crippen LogP) is -0.360. The molecule has 0 radical (unpaired) electrons. The van der Waals surface area contributed by atoms with E-state index in [0.29, 0.717) is 6.29 Å². The van der Waals surface area contributed by atoms with Gasteiger partial charge < -0.3 is 10.2 Å². The Hall–Kier alpha value is -0.700. The summed E-state index contributed by atoms with van der Waals surface area (Å²) in [7, 11) is 0. The van der Waals surface area contributed by atoms with Crippen LogP contribution in [0.3, 0.4) is 0 Å². The molecule has 1 unspecified atom stereocenters. The fraction of sp³-hybridized carbons (Fsp3) is 0.667. The first-order valence-corrected chi connectivity index (χ1v) is 3.39. The van der Waals surface area contributed by atoms with Gasteiger partial charge in [0.05, 0.1) is 0 Å². The van der Waals surface area contributed by atoms with E-state index in [-0.39, 0.29) is 0 Å². The molecule has 0 aromatic rings. The molecule has 0 bridgehead atoms. The number of hydrogen-bond donors (Lipinski definition) is 2. The van der Waals surface area contributed by atoms with E-state index in [2.05, 4.69) is 21.7 Å². The van der Waals surface area contributed by atoms with Crippen molar-refractivity contribution in [3.8, 4) is 0 Å². The molecule has 2 N–H and O–H groups in total. The van der Waals surface area contributed by atoms with E-state index in [0.717, 1.165) is 6.54 Å². The summed E-state index contributed by atoms with van der Waals surface area (Å²) in [4.78, 5) is 2.27. The number of fused-ring (bicyclic) bond motifs is 1. The molecule has 50 valence electrons. The van der Waals surface area contributed by atoms with Crippen LogP contribution in [0, 0.1) is 0 Å². The first kappa shape index (κ1) is 5.11. The smallest absolute Gasteiger partial charge is 0.154 e. The zero-order chi connectivity index (χ0) is 6.10. The standard InChI is InChI=1S/C6H11N3/c1-2-7-6-8-3-5-9(6)4-1/h3,5-8H,1-2,4H2. The molecule has 2 aliphatic rings. The average molecular weight is 125 g/mol. The van der Waals surface area contributed by atoms with Crippen LogP contribution < -0.4 is 10.6 Å². The van der Waals surface area contributed by atoms with Crippen molar-refractivity contribution in [2.45, 2.75) is 12.7 Å². The summed E-state index contributed by atoms with van der Waals surface area (Å²) in [5, 5.41) is 6.53. The summed E-state index contributed by atoms with van der Waals surface area (Å²) in [6, 6.07) is 0. The molecule has 0 amide bonds. The third-order valence-corrected chi connectivity index (χ3v) is 1.78. The Morgan fingerprint density at radius 3 is 3.44 bits per heavy atom. The van der Waals surface area contributed by atoms with Gasteiger partial charge in [0.2, 0.25) is 0 Å². The minimum Gasteiger partial charge on any atom is -0.358 e. The monoisotopic (exact) mass is 125 g/mol. The van der Waals surface area contributed by atoms with Crippen LogP contribution >= 0.6 is 0 Å². The number of hydrogen-bond acceptors (Lipinski definition) is 3. The zero-order valence-electron chi connectivity index (χ0n) is 5.30. The second kappa shape index (κ2) is 1.92. The summed E-state index contributed by atoms with van der Waals surface area (Å²) in [5.74, 6) is 0. The highest BCUT2D eigenvalue weighted by Gasteiger charge is 2.19. The Morgan fingerprint density at radius 2 is 2.56 bits per heavy atom. The summed E-state index contributed by atoms with van der Waals surface area (Å²) in [5.41, 5.74) is 0. The lowest BCUT2D eigenvalue weighted by Gasteiger charge is -2.30. The van der Waals surface area contributed by atoms with Crippen LogP contribution in [0.5, 0.6) is 0 Å². The van der Waals surface area contributed by atoms with Crippen molar-refractivity contribution in [3.05, 3.63) is 12.4 Å². The van der Waals surface area contributed by atoms with Gasteiger partial charge in [-0.3, -0.25) is 5.32 Å². The number of nitrogens with one attached hydrogen (secondary N) is 2. The summed E-state index contributed by atoms with van der Waals surface area (Å²) in [6.45, 7) is 2.32. The van der Waals surface area contributed by atoms with Crippen LogP contribution in [0.25, 0.3) is 0 Å². The second-order valence-electron chi connectivity index (χ2n) is 2.43. The van der Waals surface area contributed by atoms with Crippen LogP contribution in [-0.2, 0) is 0 Å². The first-order chi connectivity index (χ1) is 4.47. The lowest BCUT2D eigenvalue weighted by atomic mass is 10.3. The summed E-state index contributed by atoms with van der Waals surface area (Å²) < 4.78 is 0. The van der Waals surface area contributed by atoms with Gasteiger partial charge in [-0.15, -0.1) is 0 Å². The van der Waals surface area contributed by atoms with Crippen molar-refractivity contribution < 1.29 is 0 Å². The molecule has 0 aliphatic carbocycles. The molecule has 0 saturated carbocycles. The van der Waals surface area contributed by atoms with Gasteiger partial charge in [0.15, 0.2) is 6.29 Å². The van der Waals surface area contributed by atoms with Crippen molar-refractivity contribution in [1.82, 2.24) is 15.5 Å². The zero-order valence-corrected chi connectivity index (χ0v) is 5.30. The van der Waals surface area contributed by atoms with Crippen LogP contribution in [0.2, 0.25) is 0 Å². The van der Waals surface area contributed by atoms with E-state index >= 15 is 0 Å². The minimum atomic E-state index is 0.388. The molecule has 0 aromatic carbocycles. The van der Waals surface area contributed by atoms with Crippen LogP contribution in [0.1, 0.15) is 6.42 Å². The molecule has 1 atom stereocenters. The fourth-order valence-electron chi connectivity index (χ4n) is 1.29. The first-order valence-electron chi connectivity index (χ1n) is 3.39. The summed E-state index contributed by atoms with van der Waals surface area (Å²) >= 11 is 0. The van der Waals surface area contributed by atoms with E-state index in [4.69, 9.17) is 0 Å². The van der Waals surface area contributed by atoms with Gasteiger partial charge in [-0.2, -0.15) is 0 Å². The molecule has 9 heavy (non-hydrogen) atoms. The molecule has 1 fully saturated rings. The van der Waals surface area contributed by atoms with Crippen molar-refractivity contribution >= 4 is 0 Å². The van der Waals surface area contributed by atoms with E-state index in [1.165, 1.54) is 13.0 Å².